The van der Waals surface area contributed by atoms with Gasteiger partial charge in [0, 0.05) is 11.8 Å². The predicted octanol–water partition coefficient (Wildman–Crippen LogP) is 2.75. The maximum atomic E-state index is 11.3. The van der Waals surface area contributed by atoms with Crippen LogP contribution in [0.4, 0.5) is 5.69 Å². The van der Waals surface area contributed by atoms with Crippen molar-refractivity contribution in [3.63, 3.8) is 0 Å². The van der Waals surface area contributed by atoms with Crippen molar-refractivity contribution in [2.24, 2.45) is 0 Å². The van der Waals surface area contributed by atoms with Gasteiger partial charge in [-0.1, -0.05) is 18.2 Å². The molecule has 0 aromatic heterocycles. The molecule has 1 amide bonds. The summed E-state index contributed by atoms with van der Waals surface area (Å²) in [7, 11) is 0. The second-order valence-electron chi connectivity index (χ2n) is 3.14. The molecule has 0 bridgehead atoms. The van der Waals surface area contributed by atoms with Crippen LogP contribution in [-0.4, -0.2) is 5.91 Å². The Bertz CT molecular complexity index is 369. The number of hydrogen-bond donors (Lipinski definition) is 1. The molecule has 0 saturated heterocycles. The molecule has 0 radical (unpaired) electrons. The van der Waals surface area contributed by atoms with Gasteiger partial charge in [0.2, 0.25) is 0 Å². The minimum atomic E-state index is -0.155. The van der Waals surface area contributed by atoms with Gasteiger partial charge in [-0.3, -0.25) is 4.79 Å². The average molecular weight is 187 g/mol. The van der Waals surface area contributed by atoms with Gasteiger partial charge in [-0.2, -0.15) is 0 Å². The highest BCUT2D eigenvalue weighted by Crippen LogP contribution is 2.04. The highest BCUT2D eigenvalue weighted by Gasteiger charge is 1.94. The molecule has 1 N–H and O–H groups in total. The number of anilines is 1. The lowest BCUT2D eigenvalue weighted by atomic mass is 10.3. The molecular weight excluding hydrogens is 174 g/mol. The molecule has 0 aliphatic heterocycles. The molecule has 0 heterocycles. The fourth-order valence-corrected chi connectivity index (χ4v) is 0.910. The molecule has 1 rings (SSSR count). The van der Waals surface area contributed by atoms with Crippen LogP contribution in [0.3, 0.4) is 0 Å². The van der Waals surface area contributed by atoms with Crippen LogP contribution in [0.5, 0.6) is 0 Å². The lowest BCUT2D eigenvalue weighted by Gasteiger charge is -1.99. The van der Waals surface area contributed by atoms with Gasteiger partial charge in [-0.15, -0.1) is 5.73 Å². The van der Waals surface area contributed by atoms with Crippen molar-refractivity contribution < 1.29 is 4.79 Å². The fourth-order valence-electron chi connectivity index (χ4n) is 0.910. The smallest absolute Gasteiger partial charge is 0.256 e. The lowest BCUT2D eigenvalue weighted by Crippen LogP contribution is -2.06. The van der Waals surface area contributed by atoms with E-state index in [0.717, 1.165) is 11.3 Å². The number of benzene rings is 1. The molecule has 0 aliphatic carbocycles. The predicted molar refractivity (Wildman–Crippen MR) is 58.0 cm³/mol. The molecule has 2 nitrogen and oxygen atoms in total. The summed E-state index contributed by atoms with van der Waals surface area (Å²) in [5, 5.41) is 2.73. The highest BCUT2D eigenvalue weighted by atomic mass is 16.1. The summed E-state index contributed by atoms with van der Waals surface area (Å²) >= 11 is 0. The van der Waals surface area contributed by atoms with Crippen LogP contribution in [0.2, 0.25) is 0 Å². The van der Waals surface area contributed by atoms with Crippen molar-refractivity contribution in [1.82, 2.24) is 0 Å². The van der Waals surface area contributed by atoms with E-state index in [-0.39, 0.29) is 5.91 Å². The zero-order valence-electron chi connectivity index (χ0n) is 8.37. The Morgan fingerprint density at radius 2 is 1.93 bits per heavy atom. The third-order valence-electron chi connectivity index (χ3n) is 1.53. The molecular formula is C12H13NO. The Kier molecular flexibility index (Phi) is 3.71. The Morgan fingerprint density at radius 3 is 2.50 bits per heavy atom. The minimum Gasteiger partial charge on any atom is -0.322 e. The number of carbonyl (C=O) groups is 1. The number of amides is 1. The van der Waals surface area contributed by atoms with Gasteiger partial charge >= 0.3 is 0 Å². The first-order valence-corrected chi connectivity index (χ1v) is 4.44. The molecule has 14 heavy (non-hydrogen) atoms. The van der Waals surface area contributed by atoms with Crippen LogP contribution in [-0.2, 0) is 4.79 Å². The Morgan fingerprint density at radius 1 is 1.29 bits per heavy atom. The molecule has 2 heteroatoms. The van der Waals surface area contributed by atoms with Gasteiger partial charge in [-0.05, 0) is 31.6 Å². The Labute approximate surface area is 84.0 Å². The van der Waals surface area contributed by atoms with Crippen molar-refractivity contribution in [2.45, 2.75) is 13.8 Å². The van der Waals surface area contributed by atoms with E-state index in [4.69, 9.17) is 0 Å². The summed E-state index contributed by atoms with van der Waals surface area (Å²) in [5.74, 6) is -0.155. The first-order valence-electron chi connectivity index (χ1n) is 4.44. The zero-order valence-corrected chi connectivity index (χ0v) is 8.37. The van der Waals surface area contributed by atoms with Crippen molar-refractivity contribution in [2.75, 3.05) is 5.32 Å². The maximum absolute atomic E-state index is 11.3. The topological polar surface area (TPSA) is 29.1 Å². The van der Waals surface area contributed by atoms with Crippen molar-refractivity contribution >= 4 is 11.6 Å². The lowest BCUT2D eigenvalue weighted by molar-refractivity contribution is -0.111. The van der Waals surface area contributed by atoms with Crippen molar-refractivity contribution in [3.8, 4) is 0 Å². The molecule has 0 unspecified atom stereocenters. The summed E-state index contributed by atoms with van der Waals surface area (Å²) in [6, 6.07) is 9.34. The molecule has 0 fully saturated rings. The van der Waals surface area contributed by atoms with E-state index in [9.17, 15) is 4.79 Å². The summed E-state index contributed by atoms with van der Waals surface area (Å²) in [5.41, 5.74) is 4.62. The monoisotopic (exact) mass is 187 g/mol. The minimum absolute atomic E-state index is 0.155. The third-order valence-corrected chi connectivity index (χ3v) is 1.53. The summed E-state index contributed by atoms with van der Waals surface area (Å²) < 4.78 is 0. The first-order chi connectivity index (χ1) is 6.68. The van der Waals surface area contributed by atoms with Crippen molar-refractivity contribution in [1.29, 1.82) is 0 Å². The first kappa shape index (κ1) is 10.3. The van der Waals surface area contributed by atoms with Crippen LogP contribution in [0.15, 0.2) is 47.7 Å². The van der Waals surface area contributed by atoms with E-state index in [1.807, 2.05) is 44.2 Å². The van der Waals surface area contributed by atoms with Crippen LogP contribution in [0, 0.1) is 0 Å². The molecule has 0 spiro atoms. The molecule has 0 atom stereocenters. The number of hydrogen-bond acceptors (Lipinski definition) is 1. The van der Waals surface area contributed by atoms with Crippen LogP contribution < -0.4 is 5.32 Å². The van der Waals surface area contributed by atoms with Crippen LogP contribution in [0.1, 0.15) is 13.8 Å². The van der Waals surface area contributed by atoms with Gasteiger partial charge in [0.15, 0.2) is 0 Å². The van der Waals surface area contributed by atoms with Crippen molar-refractivity contribution in [3.05, 3.63) is 47.7 Å². The van der Waals surface area contributed by atoms with E-state index < -0.39 is 0 Å². The average Bonchev–Trinajstić information content (AvgIpc) is 2.16. The highest BCUT2D eigenvalue weighted by molar-refractivity contribution is 5.99. The number of para-hydroxylation sites is 1. The second kappa shape index (κ2) is 5.05. The number of nitrogens with one attached hydrogen (secondary N) is 1. The summed E-state index contributed by atoms with van der Waals surface area (Å²) in [6.07, 6.45) is 1.41. The maximum Gasteiger partial charge on any atom is 0.256 e. The van der Waals surface area contributed by atoms with Gasteiger partial charge in [0.05, 0.1) is 0 Å². The summed E-state index contributed by atoms with van der Waals surface area (Å²) in [6.45, 7) is 3.79. The quantitative estimate of drug-likeness (QED) is 0.559. The normalized spacial score (nSPS) is 8.71. The molecule has 1 aromatic rings. The summed E-state index contributed by atoms with van der Waals surface area (Å²) in [4.78, 5) is 11.3. The fraction of sp³-hybridized carbons (Fsp3) is 0.167. The van der Waals surface area contributed by atoms with E-state index in [0.29, 0.717) is 0 Å². The number of rotatable bonds is 2. The Balaban J connectivity index is 2.63. The van der Waals surface area contributed by atoms with E-state index >= 15 is 0 Å². The van der Waals surface area contributed by atoms with Gasteiger partial charge in [-0.25, -0.2) is 0 Å². The Hall–Kier alpha value is -1.79. The largest absolute Gasteiger partial charge is 0.322 e. The zero-order chi connectivity index (χ0) is 10.4. The third kappa shape index (κ3) is 3.74. The molecule has 72 valence electrons. The van der Waals surface area contributed by atoms with Crippen LogP contribution in [0.25, 0.3) is 0 Å². The SMILES string of the molecule is CC(C)=C=CC(=O)Nc1ccccc1. The van der Waals surface area contributed by atoms with Gasteiger partial charge in [0.25, 0.3) is 5.91 Å². The standard InChI is InChI=1S/C12H13NO/c1-10(2)8-9-12(14)13-11-6-4-3-5-7-11/h3-7,9H,1-2H3,(H,13,14). The van der Waals surface area contributed by atoms with Crippen LogP contribution >= 0.6 is 0 Å². The number of carbonyl (C=O) groups excluding carboxylic acids is 1. The van der Waals surface area contributed by atoms with E-state index in [1.165, 1.54) is 6.08 Å². The molecule has 0 saturated carbocycles. The second-order valence-corrected chi connectivity index (χ2v) is 3.14. The van der Waals surface area contributed by atoms with E-state index in [1.54, 1.807) is 0 Å². The molecule has 0 aliphatic rings. The van der Waals surface area contributed by atoms with Gasteiger partial charge < -0.3 is 5.32 Å². The molecule has 1 aromatic carbocycles. The van der Waals surface area contributed by atoms with Gasteiger partial charge in [0.1, 0.15) is 0 Å². The van der Waals surface area contributed by atoms with E-state index in [2.05, 4.69) is 11.0 Å².